The van der Waals surface area contributed by atoms with Crippen LogP contribution in [-0.2, 0) is 0 Å². The lowest BCUT2D eigenvalue weighted by molar-refractivity contribution is 0.155. The summed E-state index contributed by atoms with van der Waals surface area (Å²) in [7, 11) is 4.36. The fraction of sp³-hybridized carbons (Fsp3) is 0.750. The highest BCUT2D eigenvalue weighted by molar-refractivity contribution is 7.10. The SMILES string of the molecule is CN(C)C(CNC1CCCCC1(C)C)c1cccs1. The van der Waals surface area contributed by atoms with Crippen LogP contribution in [0.25, 0.3) is 0 Å². The number of thiophene rings is 1. The number of rotatable bonds is 5. The van der Waals surface area contributed by atoms with Crippen LogP contribution in [0.5, 0.6) is 0 Å². The van der Waals surface area contributed by atoms with E-state index in [4.69, 9.17) is 0 Å². The maximum Gasteiger partial charge on any atom is 0.0561 e. The van der Waals surface area contributed by atoms with Gasteiger partial charge in [0, 0.05) is 17.5 Å². The van der Waals surface area contributed by atoms with Gasteiger partial charge in [0.15, 0.2) is 0 Å². The van der Waals surface area contributed by atoms with Gasteiger partial charge < -0.3 is 10.2 Å². The van der Waals surface area contributed by atoms with Crippen LogP contribution in [0, 0.1) is 5.41 Å². The molecule has 1 heterocycles. The second-order valence-corrected chi connectivity index (χ2v) is 7.67. The van der Waals surface area contributed by atoms with E-state index >= 15 is 0 Å². The molecule has 1 fully saturated rings. The molecule has 0 amide bonds. The zero-order valence-corrected chi connectivity index (χ0v) is 13.6. The number of hydrogen-bond donors (Lipinski definition) is 1. The number of nitrogens with one attached hydrogen (secondary N) is 1. The Bertz CT molecular complexity index is 370. The Balaban J connectivity index is 1.95. The second-order valence-electron chi connectivity index (χ2n) is 6.69. The first kappa shape index (κ1) is 15.0. The van der Waals surface area contributed by atoms with Crippen molar-refractivity contribution in [2.24, 2.45) is 5.41 Å². The lowest BCUT2D eigenvalue weighted by Gasteiger charge is -2.40. The van der Waals surface area contributed by atoms with E-state index in [1.165, 1.54) is 30.6 Å². The lowest BCUT2D eigenvalue weighted by atomic mass is 9.73. The molecular formula is C16H28N2S. The minimum atomic E-state index is 0.449. The fourth-order valence-corrected chi connectivity index (χ4v) is 4.07. The molecule has 1 aliphatic carbocycles. The molecule has 108 valence electrons. The van der Waals surface area contributed by atoms with Gasteiger partial charge in [-0.1, -0.05) is 32.8 Å². The Morgan fingerprint density at radius 2 is 2.21 bits per heavy atom. The minimum Gasteiger partial charge on any atom is -0.312 e. The van der Waals surface area contributed by atoms with Crippen LogP contribution in [-0.4, -0.2) is 31.6 Å². The van der Waals surface area contributed by atoms with E-state index in [1.54, 1.807) is 0 Å². The van der Waals surface area contributed by atoms with Crippen molar-refractivity contribution in [3.8, 4) is 0 Å². The summed E-state index contributed by atoms with van der Waals surface area (Å²) in [5.41, 5.74) is 0.449. The molecule has 0 spiro atoms. The van der Waals surface area contributed by atoms with Gasteiger partial charge in [-0.3, -0.25) is 0 Å². The number of likely N-dealkylation sites (N-methyl/N-ethyl adjacent to an activating group) is 1. The quantitative estimate of drug-likeness (QED) is 0.879. The van der Waals surface area contributed by atoms with Crippen molar-refractivity contribution in [3.63, 3.8) is 0 Å². The summed E-state index contributed by atoms with van der Waals surface area (Å²) in [5.74, 6) is 0. The summed E-state index contributed by atoms with van der Waals surface area (Å²) in [6, 6.07) is 5.57. The van der Waals surface area contributed by atoms with E-state index in [-0.39, 0.29) is 0 Å². The van der Waals surface area contributed by atoms with Gasteiger partial charge in [-0.15, -0.1) is 11.3 Å². The van der Waals surface area contributed by atoms with E-state index in [2.05, 4.69) is 55.7 Å². The van der Waals surface area contributed by atoms with E-state index in [0.717, 1.165) is 6.54 Å². The van der Waals surface area contributed by atoms with E-state index in [9.17, 15) is 0 Å². The molecule has 0 aromatic carbocycles. The summed E-state index contributed by atoms with van der Waals surface area (Å²) in [6.45, 7) is 5.89. The van der Waals surface area contributed by atoms with Crippen molar-refractivity contribution in [1.29, 1.82) is 0 Å². The molecule has 1 aromatic rings. The molecule has 19 heavy (non-hydrogen) atoms. The van der Waals surface area contributed by atoms with Crippen LogP contribution in [0.1, 0.15) is 50.4 Å². The summed E-state index contributed by atoms with van der Waals surface area (Å²) < 4.78 is 0. The van der Waals surface area contributed by atoms with Crippen molar-refractivity contribution in [2.45, 2.75) is 51.6 Å². The van der Waals surface area contributed by atoms with Crippen molar-refractivity contribution < 1.29 is 0 Å². The fourth-order valence-electron chi connectivity index (χ4n) is 3.14. The van der Waals surface area contributed by atoms with Gasteiger partial charge >= 0.3 is 0 Å². The minimum absolute atomic E-state index is 0.449. The standard InChI is InChI=1S/C16H28N2S/c1-16(2)10-6-5-9-15(16)17-12-13(18(3)4)14-8-7-11-19-14/h7-8,11,13,15,17H,5-6,9-10,12H2,1-4H3. The van der Waals surface area contributed by atoms with Crippen LogP contribution < -0.4 is 5.32 Å². The van der Waals surface area contributed by atoms with Crippen molar-refractivity contribution in [1.82, 2.24) is 10.2 Å². The highest BCUT2D eigenvalue weighted by atomic mass is 32.1. The third kappa shape index (κ3) is 3.80. The third-order valence-corrected chi connectivity index (χ3v) is 5.53. The van der Waals surface area contributed by atoms with Gasteiger partial charge in [0.25, 0.3) is 0 Å². The zero-order valence-electron chi connectivity index (χ0n) is 12.8. The van der Waals surface area contributed by atoms with Gasteiger partial charge in [0.2, 0.25) is 0 Å². The van der Waals surface area contributed by atoms with E-state index in [1.807, 2.05) is 11.3 Å². The first-order valence-electron chi connectivity index (χ1n) is 7.44. The lowest BCUT2D eigenvalue weighted by Crippen LogP contribution is -2.46. The van der Waals surface area contributed by atoms with Crippen LogP contribution in [0.2, 0.25) is 0 Å². The van der Waals surface area contributed by atoms with Crippen molar-refractivity contribution in [2.75, 3.05) is 20.6 Å². The molecule has 0 radical (unpaired) electrons. The summed E-state index contributed by atoms with van der Waals surface area (Å²) in [5, 5.41) is 6.02. The number of hydrogen-bond acceptors (Lipinski definition) is 3. The topological polar surface area (TPSA) is 15.3 Å². The Hall–Kier alpha value is -0.380. The average molecular weight is 280 g/mol. The molecular weight excluding hydrogens is 252 g/mol. The molecule has 2 rings (SSSR count). The third-order valence-electron chi connectivity index (χ3n) is 4.56. The Morgan fingerprint density at radius 1 is 1.42 bits per heavy atom. The van der Waals surface area contributed by atoms with Crippen molar-refractivity contribution >= 4 is 11.3 Å². The molecule has 2 atom stereocenters. The molecule has 0 saturated heterocycles. The largest absolute Gasteiger partial charge is 0.312 e. The maximum absolute atomic E-state index is 3.85. The molecule has 2 nitrogen and oxygen atoms in total. The van der Waals surface area contributed by atoms with Crippen molar-refractivity contribution in [3.05, 3.63) is 22.4 Å². The molecule has 1 N–H and O–H groups in total. The Labute approximate surface area is 122 Å². The summed E-state index contributed by atoms with van der Waals surface area (Å²) in [6.07, 6.45) is 5.47. The molecule has 1 saturated carbocycles. The first-order valence-corrected chi connectivity index (χ1v) is 8.32. The predicted octanol–water partition coefficient (Wildman–Crippen LogP) is 3.91. The van der Waals surface area contributed by atoms with E-state index < -0.39 is 0 Å². The summed E-state index contributed by atoms with van der Waals surface area (Å²) in [4.78, 5) is 3.79. The average Bonchev–Trinajstić information content (AvgIpc) is 2.84. The van der Waals surface area contributed by atoms with Gasteiger partial charge in [-0.05, 0) is 43.8 Å². The normalized spacial score (nSPS) is 24.6. The van der Waals surface area contributed by atoms with Crippen LogP contribution in [0.3, 0.4) is 0 Å². The maximum atomic E-state index is 3.85. The molecule has 0 aliphatic heterocycles. The van der Waals surface area contributed by atoms with Gasteiger partial charge in [0.1, 0.15) is 0 Å². The Morgan fingerprint density at radius 3 is 2.79 bits per heavy atom. The monoisotopic (exact) mass is 280 g/mol. The number of nitrogens with zero attached hydrogens (tertiary/aromatic N) is 1. The molecule has 1 aliphatic rings. The van der Waals surface area contributed by atoms with Crippen LogP contribution >= 0.6 is 11.3 Å². The van der Waals surface area contributed by atoms with Gasteiger partial charge in [0.05, 0.1) is 6.04 Å². The highest BCUT2D eigenvalue weighted by Crippen LogP contribution is 2.35. The van der Waals surface area contributed by atoms with Crippen LogP contribution in [0.4, 0.5) is 0 Å². The predicted molar refractivity (Wildman–Crippen MR) is 84.8 cm³/mol. The molecule has 3 heteroatoms. The van der Waals surface area contributed by atoms with Crippen LogP contribution in [0.15, 0.2) is 17.5 Å². The first-order chi connectivity index (χ1) is 9.00. The molecule has 1 aromatic heterocycles. The summed E-state index contributed by atoms with van der Waals surface area (Å²) >= 11 is 1.86. The van der Waals surface area contributed by atoms with Gasteiger partial charge in [-0.2, -0.15) is 0 Å². The highest BCUT2D eigenvalue weighted by Gasteiger charge is 2.32. The van der Waals surface area contributed by atoms with Gasteiger partial charge in [-0.25, -0.2) is 0 Å². The molecule has 2 unspecified atom stereocenters. The Kier molecular flexibility index (Phi) is 5.04. The van der Waals surface area contributed by atoms with E-state index in [0.29, 0.717) is 17.5 Å². The molecule has 0 bridgehead atoms. The second kappa shape index (κ2) is 6.38. The zero-order chi connectivity index (χ0) is 13.9. The smallest absolute Gasteiger partial charge is 0.0561 e.